The van der Waals surface area contributed by atoms with E-state index in [-0.39, 0.29) is 6.04 Å². The Morgan fingerprint density at radius 1 is 1.18 bits per heavy atom. The van der Waals surface area contributed by atoms with Crippen LogP contribution in [-0.2, 0) is 0 Å². The van der Waals surface area contributed by atoms with Crippen molar-refractivity contribution in [1.29, 1.82) is 0 Å². The summed E-state index contributed by atoms with van der Waals surface area (Å²) >= 11 is 0. The molecule has 0 bridgehead atoms. The fourth-order valence-electron chi connectivity index (χ4n) is 2.56. The van der Waals surface area contributed by atoms with Gasteiger partial charge in [0.15, 0.2) is 11.5 Å². The summed E-state index contributed by atoms with van der Waals surface area (Å²) in [5.41, 5.74) is 0.863. The van der Waals surface area contributed by atoms with Crippen LogP contribution in [-0.4, -0.2) is 24.9 Å². The molecule has 2 N–H and O–H groups in total. The third kappa shape index (κ3) is 1.93. The molecule has 1 aromatic rings. The minimum atomic E-state index is 0.181. The Labute approximate surface area is 101 Å². The van der Waals surface area contributed by atoms with E-state index in [2.05, 4.69) is 5.32 Å². The predicted molar refractivity (Wildman–Crippen MR) is 63.7 cm³/mol. The lowest BCUT2D eigenvalue weighted by Crippen LogP contribution is -2.28. The zero-order valence-electron chi connectivity index (χ0n) is 9.74. The van der Waals surface area contributed by atoms with E-state index in [1.54, 1.807) is 12.1 Å². The largest absolute Gasteiger partial charge is 0.507 e. The summed E-state index contributed by atoms with van der Waals surface area (Å²) in [4.78, 5) is 0. The highest BCUT2D eigenvalue weighted by molar-refractivity contribution is 5.55. The molecule has 1 atom stereocenters. The molecule has 1 unspecified atom stereocenters. The summed E-state index contributed by atoms with van der Waals surface area (Å²) < 4.78 is 11.2. The van der Waals surface area contributed by atoms with Crippen LogP contribution in [0.15, 0.2) is 12.1 Å². The molecule has 1 fully saturated rings. The van der Waals surface area contributed by atoms with E-state index in [9.17, 15) is 5.11 Å². The van der Waals surface area contributed by atoms with Crippen LogP contribution in [0.2, 0.25) is 0 Å². The first-order chi connectivity index (χ1) is 8.36. The van der Waals surface area contributed by atoms with Crippen LogP contribution in [0.3, 0.4) is 0 Å². The van der Waals surface area contributed by atoms with E-state index in [0.717, 1.165) is 30.0 Å². The fourth-order valence-corrected chi connectivity index (χ4v) is 2.56. The second kappa shape index (κ2) is 4.45. The van der Waals surface area contributed by atoms with Gasteiger partial charge in [0.25, 0.3) is 0 Å². The molecule has 0 aliphatic carbocycles. The molecule has 2 heterocycles. The summed E-state index contributed by atoms with van der Waals surface area (Å²) in [6.45, 7) is 2.13. The first-order valence-corrected chi connectivity index (χ1v) is 6.21. The highest BCUT2D eigenvalue weighted by Crippen LogP contribution is 2.44. The van der Waals surface area contributed by atoms with Gasteiger partial charge in [0.05, 0.1) is 5.56 Å². The zero-order valence-corrected chi connectivity index (χ0v) is 9.74. The lowest BCUT2D eigenvalue weighted by Gasteiger charge is -2.29. The number of hydrogen-bond acceptors (Lipinski definition) is 4. The lowest BCUT2D eigenvalue weighted by molar-refractivity contribution is 0.166. The molecular formula is C13H17NO3. The number of fused-ring (bicyclic) bond motifs is 1. The number of benzene rings is 1. The van der Waals surface area contributed by atoms with Crippen LogP contribution in [0.4, 0.5) is 0 Å². The van der Waals surface area contributed by atoms with E-state index in [4.69, 9.17) is 9.47 Å². The highest BCUT2D eigenvalue weighted by Gasteiger charge is 2.26. The highest BCUT2D eigenvalue weighted by atomic mass is 16.6. The van der Waals surface area contributed by atoms with Crippen molar-refractivity contribution in [2.75, 3.05) is 19.8 Å². The molecule has 92 valence electrons. The van der Waals surface area contributed by atoms with Gasteiger partial charge in [0, 0.05) is 6.04 Å². The molecule has 0 saturated carbocycles. The smallest absolute Gasteiger partial charge is 0.169 e. The minimum absolute atomic E-state index is 0.181. The van der Waals surface area contributed by atoms with E-state index in [1.165, 1.54) is 12.8 Å². The first kappa shape index (κ1) is 10.7. The maximum atomic E-state index is 10.0. The normalized spacial score (nSPS) is 23.4. The van der Waals surface area contributed by atoms with Crippen LogP contribution in [0.25, 0.3) is 0 Å². The Morgan fingerprint density at radius 3 is 2.88 bits per heavy atom. The van der Waals surface area contributed by atoms with E-state index >= 15 is 0 Å². The average Bonchev–Trinajstić information content (AvgIpc) is 2.39. The number of piperidine rings is 1. The van der Waals surface area contributed by atoms with E-state index in [1.807, 2.05) is 0 Å². The van der Waals surface area contributed by atoms with Crippen molar-refractivity contribution in [1.82, 2.24) is 5.32 Å². The third-order valence-electron chi connectivity index (χ3n) is 3.38. The molecule has 17 heavy (non-hydrogen) atoms. The Balaban J connectivity index is 2.01. The van der Waals surface area contributed by atoms with Crippen LogP contribution in [0.5, 0.6) is 17.2 Å². The molecule has 3 rings (SSSR count). The van der Waals surface area contributed by atoms with E-state index < -0.39 is 0 Å². The molecule has 4 heteroatoms. The summed E-state index contributed by atoms with van der Waals surface area (Å²) in [6.07, 6.45) is 3.42. The molecule has 0 amide bonds. The van der Waals surface area contributed by atoms with Crippen LogP contribution in [0.1, 0.15) is 30.9 Å². The minimum Gasteiger partial charge on any atom is -0.507 e. The Bertz CT molecular complexity index is 413. The van der Waals surface area contributed by atoms with Gasteiger partial charge in [0.2, 0.25) is 0 Å². The number of ether oxygens (including phenoxy) is 2. The second-order valence-electron chi connectivity index (χ2n) is 4.53. The van der Waals surface area contributed by atoms with Gasteiger partial charge in [-0.1, -0.05) is 6.42 Å². The lowest BCUT2D eigenvalue weighted by atomic mass is 9.95. The van der Waals surface area contributed by atoms with Crippen LogP contribution in [0, 0.1) is 0 Å². The van der Waals surface area contributed by atoms with Crippen LogP contribution < -0.4 is 14.8 Å². The molecular weight excluding hydrogens is 218 g/mol. The van der Waals surface area contributed by atoms with Gasteiger partial charge in [-0.3, -0.25) is 0 Å². The third-order valence-corrected chi connectivity index (χ3v) is 3.38. The number of hydrogen-bond donors (Lipinski definition) is 2. The molecule has 2 aliphatic heterocycles. The van der Waals surface area contributed by atoms with Gasteiger partial charge in [0.1, 0.15) is 19.0 Å². The van der Waals surface area contributed by atoms with E-state index in [0.29, 0.717) is 19.0 Å². The van der Waals surface area contributed by atoms with Gasteiger partial charge >= 0.3 is 0 Å². The monoisotopic (exact) mass is 235 g/mol. The average molecular weight is 235 g/mol. The zero-order chi connectivity index (χ0) is 11.7. The van der Waals surface area contributed by atoms with Crippen molar-refractivity contribution in [2.45, 2.75) is 25.3 Å². The van der Waals surface area contributed by atoms with Gasteiger partial charge in [-0.25, -0.2) is 0 Å². The van der Waals surface area contributed by atoms with Crippen molar-refractivity contribution in [2.24, 2.45) is 0 Å². The molecule has 1 aromatic carbocycles. The van der Waals surface area contributed by atoms with Crippen molar-refractivity contribution >= 4 is 0 Å². The fraction of sp³-hybridized carbons (Fsp3) is 0.538. The Kier molecular flexibility index (Phi) is 2.81. The Hall–Kier alpha value is -1.42. The Morgan fingerprint density at radius 2 is 2.06 bits per heavy atom. The molecule has 0 radical (unpaired) electrons. The number of phenolic OH excluding ortho intramolecular Hbond substituents is 1. The summed E-state index contributed by atoms with van der Waals surface area (Å²) in [6, 6.07) is 3.65. The van der Waals surface area contributed by atoms with Crippen molar-refractivity contribution < 1.29 is 14.6 Å². The molecule has 0 spiro atoms. The van der Waals surface area contributed by atoms with Gasteiger partial charge in [-0.05, 0) is 31.5 Å². The summed E-state index contributed by atoms with van der Waals surface area (Å²) in [7, 11) is 0. The number of phenols is 1. The molecule has 4 nitrogen and oxygen atoms in total. The van der Waals surface area contributed by atoms with Crippen molar-refractivity contribution in [3.8, 4) is 17.2 Å². The molecule has 0 aromatic heterocycles. The van der Waals surface area contributed by atoms with Crippen molar-refractivity contribution in [3.63, 3.8) is 0 Å². The molecule has 1 saturated heterocycles. The van der Waals surface area contributed by atoms with Gasteiger partial charge in [-0.15, -0.1) is 0 Å². The SMILES string of the molecule is Oc1ccc2c(c1C1CCCCN1)OCCO2. The topological polar surface area (TPSA) is 50.7 Å². The maximum Gasteiger partial charge on any atom is 0.169 e. The van der Waals surface area contributed by atoms with Crippen molar-refractivity contribution in [3.05, 3.63) is 17.7 Å². The predicted octanol–water partition coefficient (Wildman–Crippen LogP) is 1.98. The number of aromatic hydroxyl groups is 1. The standard InChI is InChI=1S/C13H17NO3/c15-10-4-5-11-13(17-8-7-16-11)12(10)9-3-1-2-6-14-9/h4-5,9,14-15H,1-3,6-8H2. The molecule has 2 aliphatic rings. The van der Waals surface area contributed by atoms with Gasteiger partial charge < -0.3 is 19.9 Å². The maximum absolute atomic E-state index is 10.0. The first-order valence-electron chi connectivity index (χ1n) is 6.21. The number of rotatable bonds is 1. The quantitative estimate of drug-likeness (QED) is 0.781. The summed E-state index contributed by atoms with van der Waals surface area (Å²) in [5.74, 6) is 1.76. The second-order valence-corrected chi connectivity index (χ2v) is 4.53. The van der Waals surface area contributed by atoms with Gasteiger partial charge in [-0.2, -0.15) is 0 Å². The number of nitrogens with one attached hydrogen (secondary N) is 1. The van der Waals surface area contributed by atoms with Crippen LogP contribution >= 0.6 is 0 Å². The summed E-state index contributed by atoms with van der Waals surface area (Å²) in [5, 5.41) is 13.5.